The molecule has 0 aromatic heterocycles. The molecule has 0 radical (unpaired) electrons. The van der Waals surface area contributed by atoms with E-state index in [-0.39, 0.29) is 5.41 Å². The number of hydrogen-bond acceptors (Lipinski definition) is 2. The molecule has 1 fully saturated rings. The van der Waals surface area contributed by atoms with Crippen LogP contribution < -0.4 is 0 Å². The first-order valence-corrected chi connectivity index (χ1v) is 6.33. The Morgan fingerprint density at radius 1 is 1.18 bits per heavy atom. The maximum atomic E-state index is 10.6. The summed E-state index contributed by atoms with van der Waals surface area (Å²) in [6.07, 6.45) is 0.832. The van der Waals surface area contributed by atoms with Crippen molar-refractivity contribution in [2.45, 2.75) is 38.2 Å². The van der Waals surface area contributed by atoms with E-state index in [9.17, 15) is 5.11 Å². The fraction of sp³-hybridized carbons (Fsp3) is 0.600. The van der Waals surface area contributed by atoms with Crippen LogP contribution in [0.25, 0.3) is 0 Å². The lowest BCUT2D eigenvalue weighted by Crippen LogP contribution is -2.29. The molecule has 1 unspecified atom stereocenters. The van der Waals surface area contributed by atoms with E-state index < -0.39 is 5.60 Å². The molecule has 1 saturated heterocycles. The molecule has 1 atom stereocenters. The Hall–Kier alpha value is -0.860. The third-order valence-electron chi connectivity index (χ3n) is 3.73. The van der Waals surface area contributed by atoms with Crippen molar-refractivity contribution in [3.05, 3.63) is 35.4 Å². The summed E-state index contributed by atoms with van der Waals surface area (Å²) in [6, 6.07) is 8.46. The van der Waals surface area contributed by atoms with Crippen LogP contribution in [0.15, 0.2) is 24.3 Å². The van der Waals surface area contributed by atoms with Gasteiger partial charge in [0, 0.05) is 13.1 Å². The summed E-state index contributed by atoms with van der Waals surface area (Å²) in [5.74, 6) is 0. The zero-order chi connectivity index (χ0) is 12.7. The quantitative estimate of drug-likeness (QED) is 0.805. The predicted octanol–water partition coefficient (Wildman–Crippen LogP) is 2.51. The molecule has 1 heterocycles. The average molecular weight is 233 g/mol. The van der Waals surface area contributed by atoms with Gasteiger partial charge in [-0.2, -0.15) is 0 Å². The average Bonchev–Trinajstić information content (AvgIpc) is 2.59. The number of hydrogen-bond donors (Lipinski definition) is 1. The van der Waals surface area contributed by atoms with Crippen molar-refractivity contribution >= 4 is 0 Å². The lowest BCUT2D eigenvalue weighted by molar-refractivity contribution is 0.0488. The highest BCUT2D eigenvalue weighted by Crippen LogP contribution is 2.32. The second kappa shape index (κ2) is 4.11. The zero-order valence-electron chi connectivity index (χ0n) is 11.3. The SMILES string of the molecule is CN1CCC(O)(c2ccc(C(C)(C)C)cc2)C1. The Morgan fingerprint density at radius 2 is 1.76 bits per heavy atom. The number of aliphatic hydroxyl groups is 1. The molecular formula is C15H23NO. The summed E-state index contributed by atoms with van der Waals surface area (Å²) in [7, 11) is 2.06. The minimum atomic E-state index is -0.648. The second-order valence-corrected chi connectivity index (χ2v) is 6.35. The minimum Gasteiger partial charge on any atom is -0.384 e. The Bertz CT molecular complexity index is 390. The summed E-state index contributed by atoms with van der Waals surface area (Å²) < 4.78 is 0. The van der Waals surface area contributed by atoms with Crippen LogP contribution in [0.4, 0.5) is 0 Å². The van der Waals surface area contributed by atoms with Crippen LogP contribution in [-0.4, -0.2) is 30.1 Å². The predicted molar refractivity (Wildman–Crippen MR) is 71.2 cm³/mol. The van der Waals surface area contributed by atoms with E-state index in [1.54, 1.807) is 0 Å². The number of benzene rings is 1. The first-order valence-electron chi connectivity index (χ1n) is 6.33. The standard InChI is InChI=1S/C15H23NO/c1-14(2,3)12-5-7-13(8-6-12)15(17)9-10-16(4)11-15/h5-8,17H,9-11H2,1-4H3. The van der Waals surface area contributed by atoms with Crippen molar-refractivity contribution in [1.82, 2.24) is 4.90 Å². The number of likely N-dealkylation sites (tertiary alicyclic amines) is 1. The first-order chi connectivity index (χ1) is 7.81. The molecule has 0 aliphatic carbocycles. The van der Waals surface area contributed by atoms with Gasteiger partial charge in [0.25, 0.3) is 0 Å². The number of rotatable bonds is 1. The summed E-state index contributed by atoms with van der Waals surface area (Å²) in [5.41, 5.74) is 1.89. The van der Waals surface area contributed by atoms with Gasteiger partial charge in [0.15, 0.2) is 0 Å². The van der Waals surface area contributed by atoms with Crippen LogP contribution in [0, 0.1) is 0 Å². The molecule has 2 heteroatoms. The third-order valence-corrected chi connectivity index (χ3v) is 3.73. The Labute approximate surface area is 104 Å². The van der Waals surface area contributed by atoms with E-state index in [0.29, 0.717) is 0 Å². The van der Waals surface area contributed by atoms with E-state index in [2.05, 4.69) is 57.0 Å². The number of nitrogens with zero attached hydrogens (tertiary/aromatic N) is 1. The molecule has 0 spiro atoms. The molecule has 1 aromatic rings. The van der Waals surface area contributed by atoms with Gasteiger partial charge in [0.05, 0.1) is 0 Å². The molecular weight excluding hydrogens is 210 g/mol. The van der Waals surface area contributed by atoms with Crippen LogP contribution in [0.3, 0.4) is 0 Å². The van der Waals surface area contributed by atoms with Crippen molar-refractivity contribution < 1.29 is 5.11 Å². The fourth-order valence-electron chi connectivity index (χ4n) is 2.50. The maximum absolute atomic E-state index is 10.6. The normalized spacial score (nSPS) is 26.4. The van der Waals surface area contributed by atoms with E-state index in [1.165, 1.54) is 5.56 Å². The van der Waals surface area contributed by atoms with E-state index in [0.717, 1.165) is 25.1 Å². The highest BCUT2D eigenvalue weighted by molar-refractivity contribution is 5.31. The summed E-state index contributed by atoms with van der Waals surface area (Å²) >= 11 is 0. The monoisotopic (exact) mass is 233 g/mol. The van der Waals surface area contributed by atoms with Crippen LogP contribution in [0.5, 0.6) is 0 Å². The van der Waals surface area contributed by atoms with Crippen molar-refractivity contribution in [2.75, 3.05) is 20.1 Å². The fourth-order valence-corrected chi connectivity index (χ4v) is 2.50. The van der Waals surface area contributed by atoms with Gasteiger partial charge in [-0.05, 0) is 30.0 Å². The highest BCUT2D eigenvalue weighted by Gasteiger charge is 2.36. The van der Waals surface area contributed by atoms with E-state index >= 15 is 0 Å². The lowest BCUT2D eigenvalue weighted by atomic mass is 9.84. The van der Waals surface area contributed by atoms with Gasteiger partial charge in [0.1, 0.15) is 5.60 Å². The topological polar surface area (TPSA) is 23.5 Å². The largest absolute Gasteiger partial charge is 0.384 e. The lowest BCUT2D eigenvalue weighted by Gasteiger charge is -2.25. The first kappa shape index (κ1) is 12.6. The second-order valence-electron chi connectivity index (χ2n) is 6.35. The summed E-state index contributed by atoms with van der Waals surface area (Å²) in [5, 5.41) is 10.6. The van der Waals surface area contributed by atoms with Crippen molar-refractivity contribution in [1.29, 1.82) is 0 Å². The van der Waals surface area contributed by atoms with E-state index in [4.69, 9.17) is 0 Å². The maximum Gasteiger partial charge on any atom is 0.103 e. The van der Waals surface area contributed by atoms with Gasteiger partial charge < -0.3 is 10.0 Å². The van der Waals surface area contributed by atoms with Crippen LogP contribution in [0.1, 0.15) is 38.3 Å². The minimum absolute atomic E-state index is 0.174. The molecule has 0 bridgehead atoms. The van der Waals surface area contributed by atoms with Gasteiger partial charge in [0.2, 0.25) is 0 Å². The zero-order valence-corrected chi connectivity index (χ0v) is 11.3. The van der Waals surface area contributed by atoms with E-state index in [1.807, 2.05) is 0 Å². The molecule has 1 aliphatic heterocycles. The Kier molecular flexibility index (Phi) is 3.04. The van der Waals surface area contributed by atoms with Gasteiger partial charge in [-0.3, -0.25) is 0 Å². The summed E-state index contributed by atoms with van der Waals surface area (Å²) in [6.45, 7) is 8.33. The molecule has 0 saturated carbocycles. The number of β-amino-alcohol motifs (C(OH)–C–C–N with tert-alkyl or cyclic N) is 1. The van der Waals surface area contributed by atoms with Gasteiger partial charge >= 0.3 is 0 Å². The van der Waals surface area contributed by atoms with Crippen molar-refractivity contribution in [3.8, 4) is 0 Å². The molecule has 94 valence electrons. The molecule has 1 N–H and O–H groups in total. The molecule has 1 aromatic carbocycles. The van der Waals surface area contributed by atoms with Crippen LogP contribution in [0.2, 0.25) is 0 Å². The van der Waals surface area contributed by atoms with Gasteiger partial charge in [-0.1, -0.05) is 45.0 Å². The van der Waals surface area contributed by atoms with Crippen molar-refractivity contribution in [3.63, 3.8) is 0 Å². The molecule has 2 nitrogen and oxygen atoms in total. The Morgan fingerprint density at radius 3 is 2.18 bits per heavy atom. The van der Waals surface area contributed by atoms with Gasteiger partial charge in [-0.25, -0.2) is 0 Å². The molecule has 17 heavy (non-hydrogen) atoms. The highest BCUT2D eigenvalue weighted by atomic mass is 16.3. The van der Waals surface area contributed by atoms with Crippen molar-refractivity contribution in [2.24, 2.45) is 0 Å². The smallest absolute Gasteiger partial charge is 0.103 e. The molecule has 2 rings (SSSR count). The van der Waals surface area contributed by atoms with Gasteiger partial charge in [-0.15, -0.1) is 0 Å². The third kappa shape index (κ3) is 2.53. The van der Waals surface area contributed by atoms with Crippen LogP contribution >= 0.6 is 0 Å². The van der Waals surface area contributed by atoms with Crippen LogP contribution in [-0.2, 0) is 11.0 Å². The number of likely N-dealkylation sites (N-methyl/N-ethyl adjacent to an activating group) is 1. The summed E-state index contributed by atoms with van der Waals surface area (Å²) in [4.78, 5) is 2.18. The molecule has 1 aliphatic rings. The Balaban J connectivity index is 2.24. The molecule has 0 amide bonds.